The number of hydrogen-bond acceptors (Lipinski definition) is 5. The molecule has 0 radical (unpaired) electrons. The van der Waals surface area contributed by atoms with Crippen LogP contribution in [0.5, 0.6) is 0 Å². The number of sulfonamides is 1. The lowest BCUT2D eigenvalue weighted by Crippen LogP contribution is -2.33. The molecular formula is C11H13N3O4S. The molecule has 19 heavy (non-hydrogen) atoms. The van der Waals surface area contributed by atoms with Crippen LogP contribution in [0.4, 0.5) is 0 Å². The second-order valence-electron chi connectivity index (χ2n) is 3.93. The van der Waals surface area contributed by atoms with E-state index in [1.54, 1.807) is 18.2 Å². The van der Waals surface area contributed by atoms with Gasteiger partial charge in [0.1, 0.15) is 11.9 Å². The van der Waals surface area contributed by atoms with Crippen molar-refractivity contribution in [3.63, 3.8) is 0 Å². The summed E-state index contributed by atoms with van der Waals surface area (Å²) in [4.78, 5) is 20.2. The summed E-state index contributed by atoms with van der Waals surface area (Å²) in [6.45, 7) is 1.54. The molecule has 0 aromatic heterocycles. The van der Waals surface area contributed by atoms with E-state index < -0.39 is 22.0 Å². The molecule has 1 aliphatic rings. The second-order valence-corrected chi connectivity index (χ2v) is 5.58. The van der Waals surface area contributed by atoms with Gasteiger partial charge in [0.15, 0.2) is 0 Å². The SMILES string of the molecule is CONC(=O)[C@H](C)N=C1NS(=O)(=O)c2ccccc21. The smallest absolute Gasteiger partial charge is 0.268 e. The fourth-order valence-corrected chi connectivity index (χ4v) is 2.91. The molecule has 8 heteroatoms. The van der Waals surface area contributed by atoms with Crippen molar-refractivity contribution in [3.05, 3.63) is 29.8 Å². The Hall–Kier alpha value is -1.93. The number of benzene rings is 1. The predicted octanol–water partition coefficient (Wildman–Crippen LogP) is -0.209. The minimum atomic E-state index is -3.58. The van der Waals surface area contributed by atoms with Crippen molar-refractivity contribution in [1.82, 2.24) is 10.2 Å². The number of nitrogens with zero attached hydrogens (tertiary/aromatic N) is 1. The molecule has 0 spiro atoms. The molecule has 1 aromatic carbocycles. The Morgan fingerprint density at radius 1 is 1.42 bits per heavy atom. The molecule has 0 fully saturated rings. The highest BCUT2D eigenvalue weighted by Gasteiger charge is 2.31. The van der Waals surface area contributed by atoms with E-state index in [1.807, 2.05) is 0 Å². The minimum absolute atomic E-state index is 0.160. The van der Waals surface area contributed by atoms with E-state index in [0.717, 1.165) is 0 Å². The highest BCUT2D eigenvalue weighted by Crippen LogP contribution is 2.22. The van der Waals surface area contributed by atoms with E-state index in [4.69, 9.17) is 0 Å². The monoisotopic (exact) mass is 283 g/mol. The lowest BCUT2D eigenvalue weighted by molar-refractivity contribution is -0.132. The third-order valence-corrected chi connectivity index (χ3v) is 3.96. The van der Waals surface area contributed by atoms with E-state index >= 15 is 0 Å². The molecule has 1 aromatic rings. The number of carbonyl (C=O) groups excluding carboxylic acids is 1. The summed E-state index contributed by atoms with van der Waals surface area (Å²) in [5.74, 6) is -0.298. The number of rotatable bonds is 3. The number of amidine groups is 1. The van der Waals surface area contributed by atoms with Crippen molar-refractivity contribution in [2.75, 3.05) is 7.11 Å². The topological polar surface area (TPSA) is 96.9 Å². The highest BCUT2D eigenvalue weighted by atomic mass is 32.2. The quantitative estimate of drug-likeness (QED) is 0.750. The third-order valence-electron chi connectivity index (χ3n) is 2.57. The van der Waals surface area contributed by atoms with Crippen molar-refractivity contribution >= 4 is 21.8 Å². The van der Waals surface area contributed by atoms with Crippen molar-refractivity contribution in [2.45, 2.75) is 17.9 Å². The second kappa shape index (κ2) is 4.98. The Morgan fingerprint density at radius 2 is 2.11 bits per heavy atom. The van der Waals surface area contributed by atoms with Crippen LogP contribution in [0.25, 0.3) is 0 Å². The van der Waals surface area contributed by atoms with E-state index in [1.165, 1.54) is 20.1 Å². The Morgan fingerprint density at radius 3 is 2.79 bits per heavy atom. The third kappa shape index (κ3) is 2.59. The summed E-state index contributed by atoms with van der Waals surface area (Å²) >= 11 is 0. The Balaban J connectivity index is 2.36. The molecule has 0 unspecified atom stereocenters. The van der Waals surface area contributed by atoms with Gasteiger partial charge < -0.3 is 0 Å². The van der Waals surface area contributed by atoms with Crippen LogP contribution >= 0.6 is 0 Å². The maximum Gasteiger partial charge on any atom is 0.268 e. The molecular weight excluding hydrogens is 270 g/mol. The molecule has 2 N–H and O–H groups in total. The van der Waals surface area contributed by atoms with Crippen LogP contribution in [0.3, 0.4) is 0 Å². The highest BCUT2D eigenvalue weighted by molar-refractivity contribution is 7.90. The molecule has 1 atom stereocenters. The van der Waals surface area contributed by atoms with E-state index in [0.29, 0.717) is 5.56 Å². The lowest BCUT2D eigenvalue weighted by Gasteiger charge is -2.07. The summed E-state index contributed by atoms with van der Waals surface area (Å²) in [6, 6.07) is 5.68. The van der Waals surface area contributed by atoms with Crippen molar-refractivity contribution in [3.8, 4) is 0 Å². The fraction of sp³-hybridized carbons (Fsp3) is 0.273. The van der Waals surface area contributed by atoms with E-state index in [9.17, 15) is 13.2 Å². The number of fused-ring (bicyclic) bond motifs is 1. The number of carbonyl (C=O) groups is 1. The zero-order chi connectivity index (χ0) is 14.0. The maximum absolute atomic E-state index is 11.8. The van der Waals surface area contributed by atoms with Gasteiger partial charge in [-0.05, 0) is 19.1 Å². The first-order valence-corrected chi connectivity index (χ1v) is 6.97. The van der Waals surface area contributed by atoms with Gasteiger partial charge in [-0.2, -0.15) is 0 Å². The number of nitrogens with one attached hydrogen (secondary N) is 2. The summed E-state index contributed by atoms with van der Waals surface area (Å²) in [7, 11) is -2.27. The molecule has 1 amide bonds. The van der Waals surface area contributed by atoms with Gasteiger partial charge in [0, 0.05) is 5.56 Å². The zero-order valence-electron chi connectivity index (χ0n) is 10.4. The van der Waals surface area contributed by atoms with Gasteiger partial charge in [-0.25, -0.2) is 13.9 Å². The number of aliphatic imine (C=N–C) groups is 1. The molecule has 0 bridgehead atoms. The van der Waals surface area contributed by atoms with Crippen LogP contribution in [0.1, 0.15) is 12.5 Å². The van der Waals surface area contributed by atoms with Gasteiger partial charge in [-0.1, -0.05) is 12.1 Å². The van der Waals surface area contributed by atoms with Crippen molar-refractivity contribution in [2.24, 2.45) is 4.99 Å². The number of hydroxylamine groups is 1. The number of amides is 1. The Bertz CT molecular complexity index is 639. The average Bonchev–Trinajstić information content (AvgIpc) is 2.62. The first-order chi connectivity index (χ1) is 8.95. The predicted molar refractivity (Wildman–Crippen MR) is 67.9 cm³/mol. The first-order valence-electron chi connectivity index (χ1n) is 5.48. The molecule has 2 rings (SSSR count). The molecule has 102 valence electrons. The largest absolute Gasteiger partial charge is 0.277 e. The lowest BCUT2D eigenvalue weighted by atomic mass is 10.2. The van der Waals surface area contributed by atoms with Crippen molar-refractivity contribution in [1.29, 1.82) is 0 Å². The molecule has 7 nitrogen and oxygen atoms in total. The first kappa shape index (κ1) is 13.5. The van der Waals surface area contributed by atoms with Crippen LogP contribution in [0.15, 0.2) is 34.2 Å². The van der Waals surface area contributed by atoms with Gasteiger partial charge in [0.25, 0.3) is 15.9 Å². The van der Waals surface area contributed by atoms with E-state index in [-0.39, 0.29) is 10.7 Å². The summed E-state index contributed by atoms with van der Waals surface area (Å²) < 4.78 is 26.0. The van der Waals surface area contributed by atoms with Gasteiger partial charge in [0.2, 0.25) is 0 Å². The van der Waals surface area contributed by atoms with Gasteiger partial charge in [0.05, 0.1) is 12.0 Å². The average molecular weight is 283 g/mol. The van der Waals surface area contributed by atoms with Crippen molar-refractivity contribution < 1.29 is 18.0 Å². The van der Waals surface area contributed by atoms with Gasteiger partial charge in [-0.3, -0.25) is 19.3 Å². The zero-order valence-corrected chi connectivity index (χ0v) is 11.2. The molecule has 0 saturated carbocycles. The molecule has 0 aliphatic carbocycles. The van der Waals surface area contributed by atoms with Crippen LogP contribution in [-0.2, 0) is 19.7 Å². The fourth-order valence-electron chi connectivity index (χ4n) is 1.67. The Kier molecular flexibility index (Phi) is 3.54. The van der Waals surface area contributed by atoms with E-state index in [2.05, 4.69) is 20.0 Å². The van der Waals surface area contributed by atoms with Gasteiger partial charge >= 0.3 is 0 Å². The van der Waals surface area contributed by atoms with Crippen LogP contribution < -0.4 is 10.2 Å². The maximum atomic E-state index is 11.8. The molecule has 0 saturated heterocycles. The molecule has 1 heterocycles. The standard InChI is InChI=1S/C11H13N3O4S/c1-7(11(15)13-18-2)12-10-8-5-3-4-6-9(8)19(16,17)14-10/h3-7H,1-2H3,(H,12,14)(H,13,15)/t7-/m0/s1. The van der Waals surface area contributed by atoms with Crippen LogP contribution in [0.2, 0.25) is 0 Å². The van der Waals surface area contributed by atoms with Crippen LogP contribution in [-0.4, -0.2) is 33.3 Å². The summed E-state index contributed by atoms with van der Waals surface area (Å²) in [5, 5.41) is 0. The van der Waals surface area contributed by atoms with Gasteiger partial charge in [-0.15, -0.1) is 0 Å². The molecule has 1 aliphatic heterocycles. The van der Waals surface area contributed by atoms with Crippen LogP contribution in [0, 0.1) is 0 Å². The number of hydrogen-bond donors (Lipinski definition) is 2. The normalized spacial score (nSPS) is 19.6. The Labute approximate surface area is 110 Å². The minimum Gasteiger partial charge on any atom is -0.277 e. The summed E-state index contributed by atoms with van der Waals surface area (Å²) in [5.41, 5.74) is 2.60. The summed E-state index contributed by atoms with van der Waals surface area (Å²) in [6.07, 6.45) is 0.